The third-order valence-corrected chi connectivity index (χ3v) is 4.09. The number of rotatable bonds is 8. The molecule has 0 aliphatic heterocycles. The average Bonchev–Trinajstić information content (AvgIpc) is 2.76. The largest absolute Gasteiger partial charge is 0.490 e. The van der Waals surface area contributed by atoms with Crippen molar-refractivity contribution < 1.29 is 28.6 Å². The van der Waals surface area contributed by atoms with E-state index in [0.29, 0.717) is 23.6 Å². The molecule has 0 aromatic heterocycles. The van der Waals surface area contributed by atoms with Crippen LogP contribution in [0.5, 0.6) is 11.5 Å². The predicted molar refractivity (Wildman–Crippen MR) is 114 cm³/mol. The number of aromatic carboxylic acids is 1. The number of hydrazone groups is 1. The second-order valence-electron chi connectivity index (χ2n) is 6.29. The van der Waals surface area contributed by atoms with Crippen LogP contribution in [-0.2, 0) is 0 Å². The number of hydrogen-bond donors (Lipinski definition) is 2. The Morgan fingerprint density at radius 1 is 1.00 bits per heavy atom. The van der Waals surface area contributed by atoms with Crippen LogP contribution < -0.4 is 14.9 Å². The average molecular weight is 422 g/mol. The lowest BCUT2D eigenvalue weighted by molar-refractivity contribution is 0.0694. The molecule has 0 atom stereocenters. The van der Waals surface area contributed by atoms with E-state index < -0.39 is 17.8 Å². The molecular formula is C23H19FN2O5. The first-order valence-corrected chi connectivity index (χ1v) is 9.33. The quantitative estimate of drug-likeness (QED) is 0.239. The molecule has 0 bridgehead atoms. The van der Waals surface area contributed by atoms with E-state index in [-0.39, 0.29) is 16.9 Å². The summed E-state index contributed by atoms with van der Waals surface area (Å²) in [6.07, 6.45) is 1.54. The van der Waals surface area contributed by atoms with E-state index in [2.05, 4.69) is 10.5 Å². The molecule has 0 amide bonds. The molecule has 8 heteroatoms. The lowest BCUT2D eigenvalue weighted by Crippen LogP contribution is -2.10. The van der Waals surface area contributed by atoms with Gasteiger partial charge in [-0.15, -0.1) is 0 Å². The van der Waals surface area contributed by atoms with Crippen LogP contribution in [0, 0.1) is 5.82 Å². The summed E-state index contributed by atoms with van der Waals surface area (Å²) in [4.78, 5) is 23.2. The maximum Gasteiger partial charge on any atom is 0.343 e. The Kier molecular flexibility index (Phi) is 6.95. The van der Waals surface area contributed by atoms with Crippen molar-refractivity contribution in [2.24, 2.45) is 5.10 Å². The topological polar surface area (TPSA) is 97.2 Å². The van der Waals surface area contributed by atoms with Crippen molar-refractivity contribution in [3.05, 3.63) is 89.2 Å². The fourth-order valence-corrected chi connectivity index (χ4v) is 2.57. The van der Waals surface area contributed by atoms with Crippen LogP contribution in [0.4, 0.5) is 10.1 Å². The molecule has 0 aliphatic rings. The summed E-state index contributed by atoms with van der Waals surface area (Å²) in [6, 6.07) is 16.1. The van der Waals surface area contributed by atoms with Gasteiger partial charge in [-0.1, -0.05) is 0 Å². The Morgan fingerprint density at radius 3 is 2.32 bits per heavy atom. The minimum absolute atomic E-state index is 0.182. The van der Waals surface area contributed by atoms with Crippen molar-refractivity contribution in [3.8, 4) is 11.5 Å². The fraction of sp³-hybridized carbons (Fsp3) is 0.0870. The van der Waals surface area contributed by atoms with Crippen LogP contribution in [-0.4, -0.2) is 29.9 Å². The van der Waals surface area contributed by atoms with Crippen LogP contribution >= 0.6 is 0 Å². The smallest absolute Gasteiger partial charge is 0.343 e. The highest BCUT2D eigenvalue weighted by molar-refractivity contribution is 5.91. The number of ether oxygens (including phenoxy) is 2. The molecule has 0 radical (unpaired) electrons. The fourth-order valence-electron chi connectivity index (χ4n) is 2.57. The van der Waals surface area contributed by atoms with Crippen LogP contribution in [0.3, 0.4) is 0 Å². The molecule has 0 fully saturated rings. The summed E-state index contributed by atoms with van der Waals surface area (Å²) in [5, 5.41) is 13.0. The Hall–Kier alpha value is -4.20. The molecule has 2 N–H and O–H groups in total. The van der Waals surface area contributed by atoms with Crippen molar-refractivity contribution in [2.75, 3.05) is 12.0 Å². The lowest BCUT2D eigenvalue weighted by atomic mass is 10.2. The third kappa shape index (κ3) is 5.89. The van der Waals surface area contributed by atoms with Crippen molar-refractivity contribution in [1.29, 1.82) is 0 Å². The van der Waals surface area contributed by atoms with E-state index in [0.717, 1.165) is 0 Å². The summed E-state index contributed by atoms with van der Waals surface area (Å²) in [6.45, 7) is 2.16. The molecule has 0 heterocycles. The van der Waals surface area contributed by atoms with Crippen molar-refractivity contribution >= 4 is 23.8 Å². The van der Waals surface area contributed by atoms with Crippen molar-refractivity contribution in [1.82, 2.24) is 0 Å². The number of hydrogen-bond acceptors (Lipinski definition) is 6. The number of halogens is 1. The highest BCUT2D eigenvalue weighted by Crippen LogP contribution is 2.29. The zero-order valence-electron chi connectivity index (χ0n) is 16.5. The molecule has 0 saturated carbocycles. The summed E-state index contributed by atoms with van der Waals surface area (Å²) < 4.78 is 24.0. The number of nitrogens with zero attached hydrogens (tertiary/aromatic N) is 1. The van der Waals surface area contributed by atoms with Gasteiger partial charge in [0, 0.05) is 0 Å². The maximum atomic E-state index is 13.0. The van der Waals surface area contributed by atoms with Gasteiger partial charge in [0.05, 0.1) is 29.6 Å². The minimum Gasteiger partial charge on any atom is -0.490 e. The highest BCUT2D eigenvalue weighted by Gasteiger charge is 2.13. The summed E-state index contributed by atoms with van der Waals surface area (Å²) in [7, 11) is 0. The van der Waals surface area contributed by atoms with Gasteiger partial charge >= 0.3 is 11.9 Å². The molecule has 3 aromatic carbocycles. The predicted octanol–water partition coefficient (Wildman–Crippen LogP) is 4.59. The Balaban J connectivity index is 1.70. The van der Waals surface area contributed by atoms with Crippen molar-refractivity contribution in [3.63, 3.8) is 0 Å². The molecule has 158 valence electrons. The standard InChI is InChI=1S/C23H19FN2O5/c1-2-30-21-13-15(14-25-26-19-10-6-16(7-11-19)22(27)28)3-12-20(21)31-23(29)17-4-8-18(24)9-5-17/h3-14,26H,2H2,1H3,(H,27,28)/b25-14-. The van der Waals surface area contributed by atoms with E-state index in [1.165, 1.54) is 36.4 Å². The molecular weight excluding hydrogens is 403 g/mol. The number of carbonyl (C=O) groups is 2. The van der Waals surface area contributed by atoms with Gasteiger partial charge in [-0.3, -0.25) is 5.43 Å². The molecule has 31 heavy (non-hydrogen) atoms. The monoisotopic (exact) mass is 422 g/mol. The van der Waals surface area contributed by atoms with Gasteiger partial charge in [0.2, 0.25) is 0 Å². The van der Waals surface area contributed by atoms with Gasteiger partial charge in [0.15, 0.2) is 11.5 Å². The zero-order valence-corrected chi connectivity index (χ0v) is 16.5. The van der Waals surface area contributed by atoms with Gasteiger partial charge in [-0.2, -0.15) is 5.10 Å². The third-order valence-electron chi connectivity index (χ3n) is 4.09. The SMILES string of the molecule is CCOc1cc(/C=N\Nc2ccc(C(=O)O)cc2)ccc1OC(=O)c1ccc(F)cc1. The Morgan fingerprint density at radius 2 is 1.68 bits per heavy atom. The van der Waals surface area contributed by atoms with Crippen molar-refractivity contribution in [2.45, 2.75) is 6.92 Å². The highest BCUT2D eigenvalue weighted by atomic mass is 19.1. The van der Waals surface area contributed by atoms with E-state index >= 15 is 0 Å². The van der Waals surface area contributed by atoms with Crippen LogP contribution in [0.15, 0.2) is 71.8 Å². The first-order chi connectivity index (χ1) is 15.0. The molecule has 0 aliphatic carbocycles. The number of carbonyl (C=O) groups excluding carboxylic acids is 1. The molecule has 3 rings (SSSR count). The maximum absolute atomic E-state index is 13.0. The van der Waals surface area contributed by atoms with Crippen LogP contribution in [0.2, 0.25) is 0 Å². The van der Waals surface area contributed by atoms with Gasteiger partial charge in [0.25, 0.3) is 0 Å². The van der Waals surface area contributed by atoms with Gasteiger partial charge in [-0.05, 0) is 79.2 Å². The van der Waals surface area contributed by atoms with E-state index in [1.807, 2.05) is 0 Å². The van der Waals surface area contributed by atoms with Crippen LogP contribution in [0.1, 0.15) is 33.2 Å². The second kappa shape index (κ2) is 10.0. The van der Waals surface area contributed by atoms with Gasteiger partial charge in [-0.25, -0.2) is 14.0 Å². The number of nitrogens with one attached hydrogen (secondary N) is 1. The molecule has 0 unspecified atom stereocenters. The number of carboxylic acids is 1. The summed E-state index contributed by atoms with van der Waals surface area (Å²) in [5.41, 5.74) is 4.50. The molecule has 7 nitrogen and oxygen atoms in total. The normalized spacial score (nSPS) is 10.6. The van der Waals surface area contributed by atoms with Gasteiger partial charge in [0.1, 0.15) is 5.82 Å². The first kappa shape index (κ1) is 21.5. The zero-order chi connectivity index (χ0) is 22.2. The summed E-state index contributed by atoms with van der Waals surface area (Å²) >= 11 is 0. The number of carboxylic acid groups (broad SMARTS) is 1. The van der Waals surface area contributed by atoms with Crippen LogP contribution in [0.25, 0.3) is 0 Å². The number of benzene rings is 3. The molecule has 3 aromatic rings. The Labute approximate surface area is 177 Å². The van der Waals surface area contributed by atoms with E-state index in [1.54, 1.807) is 43.5 Å². The van der Waals surface area contributed by atoms with E-state index in [4.69, 9.17) is 14.6 Å². The number of esters is 1. The summed E-state index contributed by atoms with van der Waals surface area (Å²) in [5.74, 6) is -1.49. The lowest BCUT2D eigenvalue weighted by Gasteiger charge is -2.11. The molecule has 0 spiro atoms. The minimum atomic E-state index is -1.00. The first-order valence-electron chi connectivity index (χ1n) is 9.33. The Bertz CT molecular complexity index is 1100. The molecule has 0 saturated heterocycles. The van der Waals surface area contributed by atoms with E-state index in [9.17, 15) is 14.0 Å². The van der Waals surface area contributed by atoms with Gasteiger partial charge < -0.3 is 14.6 Å². The number of anilines is 1. The second-order valence-corrected chi connectivity index (χ2v) is 6.29.